The molecule has 0 aliphatic rings. The van der Waals surface area contributed by atoms with Crippen LogP contribution in [0.15, 0.2) is 48.5 Å². The number of primary amides is 1. The largest absolute Gasteiger partial charge is 0.489 e. The number of benzene rings is 2. The normalized spacial score (nSPS) is 11.9. The van der Waals surface area contributed by atoms with Crippen LogP contribution in [0.5, 0.6) is 5.75 Å². The molecular formula is C16H17FN2O2. The maximum absolute atomic E-state index is 13.9. The van der Waals surface area contributed by atoms with Gasteiger partial charge >= 0.3 is 0 Å². The van der Waals surface area contributed by atoms with E-state index in [9.17, 15) is 9.18 Å². The Hall–Kier alpha value is -2.40. The van der Waals surface area contributed by atoms with E-state index in [1.165, 1.54) is 6.07 Å². The quantitative estimate of drug-likeness (QED) is 0.850. The minimum absolute atomic E-state index is 0.0696. The SMILES string of the molecule is NC(=O)[C@@H](N)Cc1ccc(OCc2ccccc2)cc1F. The van der Waals surface area contributed by atoms with Crippen molar-refractivity contribution in [2.75, 3.05) is 0 Å². The Kier molecular flexibility index (Phi) is 4.90. The number of halogens is 1. The number of hydrogen-bond donors (Lipinski definition) is 2. The molecule has 4 nitrogen and oxygen atoms in total. The van der Waals surface area contributed by atoms with Gasteiger partial charge in [0, 0.05) is 6.07 Å². The van der Waals surface area contributed by atoms with Gasteiger partial charge in [-0.2, -0.15) is 0 Å². The number of ether oxygens (including phenoxy) is 1. The average Bonchev–Trinajstić information content (AvgIpc) is 2.48. The molecule has 0 bridgehead atoms. The minimum atomic E-state index is -0.893. The highest BCUT2D eigenvalue weighted by Gasteiger charge is 2.13. The van der Waals surface area contributed by atoms with Gasteiger partial charge in [0.1, 0.15) is 18.2 Å². The summed E-state index contributed by atoms with van der Waals surface area (Å²) < 4.78 is 19.4. The molecule has 2 aromatic carbocycles. The molecule has 0 saturated carbocycles. The van der Waals surface area contributed by atoms with Gasteiger partial charge in [-0.15, -0.1) is 0 Å². The van der Waals surface area contributed by atoms with Gasteiger partial charge in [0.2, 0.25) is 5.91 Å². The lowest BCUT2D eigenvalue weighted by molar-refractivity contribution is -0.119. The highest BCUT2D eigenvalue weighted by molar-refractivity contribution is 5.79. The summed E-state index contributed by atoms with van der Waals surface area (Å²) in [4.78, 5) is 10.9. The van der Waals surface area contributed by atoms with Crippen LogP contribution in [0.1, 0.15) is 11.1 Å². The molecule has 5 heteroatoms. The van der Waals surface area contributed by atoms with E-state index in [0.717, 1.165) is 5.56 Å². The molecule has 21 heavy (non-hydrogen) atoms. The van der Waals surface area contributed by atoms with Gasteiger partial charge in [-0.3, -0.25) is 4.79 Å². The first-order valence-electron chi connectivity index (χ1n) is 6.56. The predicted molar refractivity (Wildman–Crippen MR) is 78.0 cm³/mol. The van der Waals surface area contributed by atoms with E-state index in [1.54, 1.807) is 12.1 Å². The van der Waals surface area contributed by atoms with Crippen LogP contribution < -0.4 is 16.2 Å². The Morgan fingerprint density at radius 2 is 1.90 bits per heavy atom. The molecule has 0 spiro atoms. The Labute approximate surface area is 122 Å². The van der Waals surface area contributed by atoms with Crippen molar-refractivity contribution >= 4 is 5.91 Å². The van der Waals surface area contributed by atoms with Crippen molar-refractivity contribution in [1.82, 2.24) is 0 Å². The van der Waals surface area contributed by atoms with Gasteiger partial charge in [-0.1, -0.05) is 36.4 Å². The summed E-state index contributed by atoms with van der Waals surface area (Å²) in [5.74, 6) is -0.691. The molecule has 0 fully saturated rings. The van der Waals surface area contributed by atoms with E-state index in [-0.39, 0.29) is 6.42 Å². The molecule has 0 heterocycles. The highest BCUT2D eigenvalue weighted by atomic mass is 19.1. The summed E-state index contributed by atoms with van der Waals surface area (Å²) in [7, 11) is 0. The van der Waals surface area contributed by atoms with E-state index in [2.05, 4.69) is 0 Å². The molecule has 1 atom stereocenters. The molecule has 4 N–H and O–H groups in total. The average molecular weight is 288 g/mol. The first-order chi connectivity index (χ1) is 10.1. The predicted octanol–water partition coefficient (Wildman–Crippen LogP) is 1.76. The van der Waals surface area contributed by atoms with Gasteiger partial charge in [-0.05, 0) is 23.6 Å². The lowest BCUT2D eigenvalue weighted by Crippen LogP contribution is -2.38. The molecule has 110 valence electrons. The van der Waals surface area contributed by atoms with Crippen LogP contribution in [-0.4, -0.2) is 11.9 Å². The summed E-state index contributed by atoms with van der Waals surface area (Å²) in [5.41, 5.74) is 11.9. The Balaban J connectivity index is 2.00. The van der Waals surface area contributed by atoms with Crippen LogP contribution in [0.2, 0.25) is 0 Å². The van der Waals surface area contributed by atoms with Crippen LogP contribution in [0.3, 0.4) is 0 Å². The molecule has 0 radical (unpaired) electrons. The highest BCUT2D eigenvalue weighted by Crippen LogP contribution is 2.19. The Morgan fingerprint density at radius 1 is 1.19 bits per heavy atom. The second-order valence-corrected chi connectivity index (χ2v) is 4.74. The van der Waals surface area contributed by atoms with Crippen LogP contribution in [0.25, 0.3) is 0 Å². The molecule has 1 amide bonds. The van der Waals surface area contributed by atoms with Crippen molar-refractivity contribution in [3.05, 3.63) is 65.5 Å². The molecule has 0 aliphatic heterocycles. The molecule has 0 aliphatic carbocycles. The summed E-state index contributed by atoms with van der Waals surface area (Å²) >= 11 is 0. The van der Waals surface area contributed by atoms with Crippen LogP contribution in [0.4, 0.5) is 4.39 Å². The van der Waals surface area contributed by atoms with E-state index in [4.69, 9.17) is 16.2 Å². The standard InChI is InChI=1S/C16H17FN2O2/c17-14-9-13(21-10-11-4-2-1-3-5-11)7-6-12(14)8-15(18)16(19)20/h1-7,9,15H,8,10,18H2,(H2,19,20)/t15-/m0/s1. The maximum atomic E-state index is 13.9. The molecule has 2 aromatic rings. The first kappa shape index (κ1) is 15.0. The van der Waals surface area contributed by atoms with E-state index in [1.807, 2.05) is 30.3 Å². The van der Waals surface area contributed by atoms with Crippen LogP contribution in [-0.2, 0) is 17.8 Å². The number of amides is 1. The van der Waals surface area contributed by atoms with Gasteiger partial charge in [-0.25, -0.2) is 4.39 Å². The Morgan fingerprint density at radius 3 is 2.52 bits per heavy atom. The second-order valence-electron chi connectivity index (χ2n) is 4.74. The van der Waals surface area contributed by atoms with Crippen LogP contribution in [0, 0.1) is 5.82 Å². The molecule has 2 rings (SSSR count). The van der Waals surface area contributed by atoms with Crippen molar-refractivity contribution < 1.29 is 13.9 Å². The fourth-order valence-corrected chi connectivity index (χ4v) is 1.86. The van der Waals surface area contributed by atoms with Crippen molar-refractivity contribution in [2.24, 2.45) is 11.5 Å². The van der Waals surface area contributed by atoms with Crippen molar-refractivity contribution in [2.45, 2.75) is 19.1 Å². The van der Waals surface area contributed by atoms with Crippen molar-refractivity contribution in [1.29, 1.82) is 0 Å². The monoisotopic (exact) mass is 288 g/mol. The zero-order valence-electron chi connectivity index (χ0n) is 11.5. The summed E-state index contributed by atoms with van der Waals surface area (Å²) in [6.07, 6.45) is 0.0696. The molecule has 0 unspecified atom stereocenters. The number of rotatable bonds is 6. The molecule has 0 aromatic heterocycles. The molecular weight excluding hydrogens is 271 g/mol. The lowest BCUT2D eigenvalue weighted by Gasteiger charge is -2.11. The van der Waals surface area contributed by atoms with Gasteiger partial charge in [0.15, 0.2) is 0 Å². The van der Waals surface area contributed by atoms with E-state index in [0.29, 0.717) is 17.9 Å². The zero-order chi connectivity index (χ0) is 15.2. The maximum Gasteiger partial charge on any atom is 0.234 e. The zero-order valence-corrected chi connectivity index (χ0v) is 11.5. The second kappa shape index (κ2) is 6.85. The van der Waals surface area contributed by atoms with Gasteiger partial charge in [0.25, 0.3) is 0 Å². The topological polar surface area (TPSA) is 78.3 Å². The number of nitrogens with two attached hydrogens (primary N) is 2. The third-order valence-corrected chi connectivity index (χ3v) is 3.08. The van der Waals surface area contributed by atoms with E-state index < -0.39 is 17.8 Å². The van der Waals surface area contributed by atoms with Gasteiger partial charge < -0.3 is 16.2 Å². The summed E-state index contributed by atoms with van der Waals surface area (Å²) in [6, 6.07) is 13.2. The molecule has 0 saturated heterocycles. The fraction of sp³-hybridized carbons (Fsp3) is 0.188. The Bertz CT molecular complexity index is 617. The van der Waals surface area contributed by atoms with Gasteiger partial charge in [0.05, 0.1) is 6.04 Å². The van der Waals surface area contributed by atoms with E-state index >= 15 is 0 Å². The minimum Gasteiger partial charge on any atom is -0.489 e. The number of carbonyl (C=O) groups is 1. The van der Waals surface area contributed by atoms with Crippen LogP contribution >= 0.6 is 0 Å². The summed E-state index contributed by atoms with van der Waals surface area (Å²) in [6.45, 7) is 0.362. The van der Waals surface area contributed by atoms with Crippen molar-refractivity contribution in [3.63, 3.8) is 0 Å². The summed E-state index contributed by atoms with van der Waals surface area (Å²) in [5, 5.41) is 0. The van der Waals surface area contributed by atoms with Crippen molar-refractivity contribution in [3.8, 4) is 5.75 Å². The third-order valence-electron chi connectivity index (χ3n) is 3.08. The number of hydrogen-bond acceptors (Lipinski definition) is 3. The lowest BCUT2D eigenvalue weighted by atomic mass is 10.1. The third kappa shape index (κ3) is 4.29. The smallest absolute Gasteiger partial charge is 0.234 e. The first-order valence-corrected chi connectivity index (χ1v) is 6.56. The number of carbonyl (C=O) groups excluding carboxylic acids is 1. The fourth-order valence-electron chi connectivity index (χ4n) is 1.86.